The Hall–Kier alpha value is -3.39. The molecule has 0 spiro atoms. The molecule has 1 fully saturated rings. The zero-order chi connectivity index (χ0) is 23.5. The third-order valence-electron chi connectivity index (χ3n) is 4.20. The molecule has 0 atom stereocenters. The van der Waals surface area contributed by atoms with Gasteiger partial charge in [0.1, 0.15) is 11.3 Å². The molecular weight excluding hydrogens is 457 g/mol. The van der Waals surface area contributed by atoms with Gasteiger partial charge in [0.15, 0.2) is 6.61 Å². The molecule has 0 aliphatic heterocycles. The standard InChI is InChI=1S/C18H17F3N4O6S/c19-18(20,21)10-31-13-5-8-16(25(27)28)15(9-13)17(26)23-22-11-3-6-14(7-4-11)32(29,30)24-12-1-2-12/h3-9,12,22,24H,1-2,10H2,(H,23,26). The number of alkyl halides is 3. The van der Waals surface area contributed by atoms with E-state index < -0.39 is 44.9 Å². The normalized spacial score (nSPS) is 14.0. The highest BCUT2D eigenvalue weighted by molar-refractivity contribution is 7.89. The van der Waals surface area contributed by atoms with Crippen molar-refractivity contribution in [3.8, 4) is 5.75 Å². The van der Waals surface area contributed by atoms with Crippen molar-refractivity contribution in [3.05, 3.63) is 58.1 Å². The predicted molar refractivity (Wildman–Crippen MR) is 106 cm³/mol. The Kier molecular flexibility index (Phi) is 6.55. The minimum atomic E-state index is -4.63. The molecule has 3 N–H and O–H groups in total. The number of nitrogens with zero attached hydrogens (tertiary/aromatic N) is 1. The van der Waals surface area contributed by atoms with E-state index in [2.05, 4.69) is 20.3 Å². The Morgan fingerprint density at radius 3 is 2.38 bits per heavy atom. The summed E-state index contributed by atoms with van der Waals surface area (Å²) in [6.07, 6.45) is -3.07. The number of carbonyl (C=O) groups excluding carboxylic acids is 1. The summed E-state index contributed by atoms with van der Waals surface area (Å²) in [5, 5.41) is 11.2. The molecule has 0 aromatic heterocycles. The Morgan fingerprint density at radius 2 is 1.81 bits per heavy atom. The molecule has 2 aromatic carbocycles. The monoisotopic (exact) mass is 474 g/mol. The fourth-order valence-corrected chi connectivity index (χ4v) is 3.82. The van der Waals surface area contributed by atoms with E-state index in [-0.39, 0.29) is 22.4 Å². The van der Waals surface area contributed by atoms with Crippen LogP contribution in [0.3, 0.4) is 0 Å². The van der Waals surface area contributed by atoms with Crippen molar-refractivity contribution < 1.29 is 36.0 Å². The van der Waals surface area contributed by atoms with Gasteiger partial charge in [0.25, 0.3) is 11.6 Å². The molecule has 1 saturated carbocycles. The fraction of sp³-hybridized carbons (Fsp3) is 0.278. The number of nitrogens with one attached hydrogen (secondary N) is 3. The van der Waals surface area contributed by atoms with E-state index in [1.165, 1.54) is 24.3 Å². The number of nitro groups is 1. The van der Waals surface area contributed by atoms with Gasteiger partial charge in [-0.15, -0.1) is 0 Å². The first-order chi connectivity index (χ1) is 14.9. The van der Waals surface area contributed by atoms with Crippen molar-refractivity contribution in [2.45, 2.75) is 30.0 Å². The topological polar surface area (TPSA) is 140 Å². The third kappa shape index (κ3) is 6.31. The quantitative estimate of drug-likeness (QED) is 0.375. The maximum Gasteiger partial charge on any atom is 0.422 e. The molecule has 0 heterocycles. The van der Waals surface area contributed by atoms with Crippen LogP contribution in [0.15, 0.2) is 47.4 Å². The minimum absolute atomic E-state index is 0.0198. The first-order valence-electron chi connectivity index (χ1n) is 9.11. The summed E-state index contributed by atoms with van der Waals surface area (Å²) in [6, 6.07) is 7.87. The van der Waals surface area contributed by atoms with Crippen LogP contribution in [0, 0.1) is 10.1 Å². The average molecular weight is 474 g/mol. The van der Waals surface area contributed by atoms with Gasteiger partial charge in [-0.2, -0.15) is 13.2 Å². The van der Waals surface area contributed by atoms with Gasteiger partial charge in [-0.3, -0.25) is 25.8 Å². The van der Waals surface area contributed by atoms with E-state index in [0.29, 0.717) is 0 Å². The smallest absolute Gasteiger partial charge is 0.422 e. The summed E-state index contributed by atoms with van der Waals surface area (Å²) in [5.41, 5.74) is 3.72. The number of hydrogen-bond donors (Lipinski definition) is 3. The highest BCUT2D eigenvalue weighted by atomic mass is 32.2. The SMILES string of the molecule is O=C(NNc1ccc(S(=O)(=O)NC2CC2)cc1)c1cc(OCC(F)(F)F)ccc1[N+](=O)[O-]. The van der Waals surface area contributed by atoms with Crippen LogP contribution in [0.1, 0.15) is 23.2 Å². The lowest BCUT2D eigenvalue weighted by Crippen LogP contribution is -2.30. The van der Waals surface area contributed by atoms with Crippen LogP contribution in [0.25, 0.3) is 0 Å². The van der Waals surface area contributed by atoms with E-state index in [0.717, 1.165) is 31.0 Å². The van der Waals surface area contributed by atoms with Crippen LogP contribution >= 0.6 is 0 Å². The summed E-state index contributed by atoms with van der Waals surface area (Å²) in [5.74, 6) is -1.39. The number of amides is 1. The Labute approximate surface area is 179 Å². The predicted octanol–water partition coefficient (Wildman–Crippen LogP) is 2.73. The molecule has 0 bridgehead atoms. The summed E-state index contributed by atoms with van der Waals surface area (Å²) in [7, 11) is -3.66. The van der Waals surface area contributed by atoms with Crippen molar-refractivity contribution in [3.63, 3.8) is 0 Å². The number of ether oxygens (including phenoxy) is 1. The first-order valence-corrected chi connectivity index (χ1v) is 10.6. The van der Waals surface area contributed by atoms with E-state index in [9.17, 15) is 36.5 Å². The van der Waals surface area contributed by atoms with Gasteiger partial charge >= 0.3 is 6.18 Å². The van der Waals surface area contributed by atoms with E-state index in [1.807, 2.05) is 0 Å². The van der Waals surface area contributed by atoms with E-state index >= 15 is 0 Å². The largest absolute Gasteiger partial charge is 0.484 e. The number of anilines is 1. The number of rotatable bonds is 9. The van der Waals surface area contributed by atoms with Gasteiger partial charge in [0.05, 0.1) is 15.5 Å². The molecule has 1 aliphatic rings. The number of sulfonamides is 1. The van der Waals surface area contributed by atoms with E-state index in [4.69, 9.17) is 0 Å². The summed E-state index contributed by atoms with van der Waals surface area (Å²) < 4.78 is 68.3. The van der Waals surface area contributed by atoms with Crippen LogP contribution < -0.4 is 20.3 Å². The van der Waals surface area contributed by atoms with Gasteiger partial charge in [0, 0.05) is 12.1 Å². The molecule has 1 aliphatic carbocycles. The Balaban J connectivity index is 1.68. The minimum Gasteiger partial charge on any atom is -0.484 e. The van der Waals surface area contributed by atoms with Crippen molar-refractivity contribution in [1.29, 1.82) is 0 Å². The second kappa shape index (κ2) is 9.00. The fourth-order valence-electron chi connectivity index (χ4n) is 2.51. The molecule has 10 nitrogen and oxygen atoms in total. The zero-order valence-electron chi connectivity index (χ0n) is 16.2. The second-order valence-corrected chi connectivity index (χ2v) is 8.55. The summed E-state index contributed by atoms with van der Waals surface area (Å²) in [6.45, 7) is -1.63. The molecule has 14 heteroatoms. The Bertz CT molecular complexity index is 1120. The number of hydrazine groups is 1. The van der Waals surface area contributed by atoms with E-state index in [1.54, 1.807) is 0 Å². The maximum atomic E-state index is 12.4. The lowest BCUT2D eigenvalue weighted by atomic mass is 10.1. The molecule has 1 amide bonds. The van der Waals surface area contributed by atoms with Crippen LogP contribution in [0.4, 0.5) is 24.5 Å². The first kappa shape index (κ1) is 23.3. The van der Waals surface area contributed by atoms with Gasteiger partial charge in [-0.1, -0.05) is 0 Å². The lowest BCUT2D eigenvalue weighted by Gasteiger charge is -2.12. The molecule has 172 valence electrons. The van der Waals surface area contributed by atoms with Crippen molar-refractivity contribution in [2.75, 3.05) is 12.0 Å². The molecule has 32 heavy (non-hydrogen) atoms. The lowest BCUT2D eigenvalue weighted by molar-refractivity contribution is -0.385. The highest BCUT2D eigenvalue weighted by Crippen LogP contribution is 2.26. The van der Waals surface area contributed by atoms with Crippen LogP contribution in [0.2, 0.25) is 0 Å². The number of halogens is 3. The van der Waals surface area contributed by atoms with Crippen molar-refractivity contribution >= 4 is 27.3 Å². The number of benzene rings is 2. The van der Waals surface area contributed by atoms with Crippen LogP contribution in [-0.2, 0) is 10.0 Å². The average Bonchev–Trinajstić information content (AvgIpc) is 3.53. The third-order valence-corrected chi connectivity index (χ3v) is 5.73. The number of nitro benzene ring substituents is 1. The molecular formula is C18H17F3N4O6S. The van der Waals surface area contributed by atoms with Crippen LogP contribution in [0.5, 0.6) is 5.75 Å². The van der Waals surface area contributed by atoms with Crippen molar-refractivity contribution in [1.82, 2.24) is 10.1 Å². The van der Waals surface area contributed by atoms with Gasteiger partial charge in [-0.05, 0) is 49.2 Å². The summed E-state index contributed by atoms with van der Waals surface area (Å²) >= 11 is 0. The second-order valence-electron chi connectivity index (χ2n) is 6.84. The van der Waals surface area contributed by atoms with Crippen LogP contribution in [-0.4, -0.2) is 38.1 Å². The number of carbonyl (C=O) groups is 1. The Morgan fingerprint density at radius 1 is 1.16 bits per heavy atom. The molecule has 0 radical (unpaired) electrons. The molecule has 0 unspecified atom stereocenters. The van der Waals surface area contributed by atoms with Gasteiger partial charge in [0.2, 0.25) is 10.0 Å². The maximum absolute atomic E-state index is 12.4. The molecule has 2 aromatic rings. The molecule has 0 saturated heterocycles. The zero-order valence-corrected chi connectivity index (χ0v) is 17.0. The van der Waals surface area contributed by atoms with Crippen molar-refractivity contribution in [2.24, 2.45) is 0 Å². The van der Waals surface area contributed by atoms with Gasteiger partial charge in [-0.25, -0.2) is 13.1 Å². The highest BCUT2D eigenvalue weighted by Gasteiger charge is 2.30. The van der Waals surface area contributed by atoms with Gasteiger partial charge < -0.3 is 4.74 Å². The molecule has 3 rings (SSSR count). The summed E-state index contributed by atoms with van der Waals surface area (Å²) in [4.78, 5) is 22.7. The number of hydrogen-bond acceptors (Lipinski definition) is 7.